The summed E-state index contributed by atoms with van der Waals surface area (Å²) in [6, 6.07) is 0. The predicted molar refractivity (Wildman–Crippen MR) is 388 cm³/mol. The standard InChI is InChI=1S/C71H98N6O49/c1-27(78)101-23-46-50(105-31(5)82)54(109-35(9)86)58(113-39(13)90)62(119-46)123-68(97)74-19-44(20-75-69(98)124-63-59(114-40(14)91)55(110-36(10)87)51(106-32(6)83)47(120-63)24-102-28(2)79)117-66(95)72-17-43(94)18-73-67(96)118-45(21-76-70(99)125-64-60(115-41(15)92)56(111-37(11)88)52(107-33(7)84)48(121-64)25-103-29(3)80)22-77-71(100)126-65-61(116-42(16)93)57(112-38(12)89)53(108-34(8)85)49(122-65)26-104-30(4)81/h43-65,94H,17-26H2,1-16H3,(H,72,95)(H,73,96)(H,74,97)(H,75,98)(H,76,99)(H,77,100)/t46-,47-,48-,49-,50+,51+,52+,53+,54+,55+,56+,57+,58-,59-,60-,61-,62-,63-,64-,65-/m1/s1. The van der Waals surface area contributed by atoms with Gasteiger partial charge in [0.15, 0.2) is 48.8 Å². The SMILES string of the molecule is CC(=O)OC[C@H]1O[C@H](OC(=O)NCC(CNC(=O)O[C@H]2O[C@H](COC(C)=O)[C@H](OC(C)=O)[C@H](OC(C)=O)[C@H]2OC(C)=O)OC(=O)NCC(O)CNC(=O)OC(CNC(=O)O[C@H]2O[C@H](COC(C)=O)[C@H](OC(C)=O)[C@H](OC(C)=O)[C@H]2OC(C)=O)CNC(=O)O[C@H]2O[C@H](COC(C)=O)[C@H](OC(C)=O)[C@H](OC(C)=O)[C@H]2OC(C)=O)[C@H](OC(C)=O)[C@@H](OC(C)=O)[C@H]1OC(C)=O. The maximum Gasteiger partial charge on any atom is 0.409 e. The molecule has 0 radical (unpaired) electrons. The molecule has 4 heterocycles. The molecular weight excluding hydrogens is 1720 g/mol. The fraction of sp³-hybridized carbons (Fsp3) is 0.690. The van der Waals surface area contributed by atoms with Crippen molar-refractivity contribution >= 4 is 132 Å². The molecule has 0 spiro atoms. The molecule has 0 unspecified atom stereocenters. The Morgan fingerprint density at radius 2 is 0.373 bits per heavy atom. The zero-order valence-electron chi connectivity index (χ0n) is 70.4. The van der Waals surface area contributed by atoms with Gasteiger partial charge in [0.2, 0.25) is 49.6 Å². The first-order valence-corrected chi connectivity index (χ1v) is 37.6. The largest absolute Gasteiger partial charge is 0.463 e. The molecule has 126 heavy (non-hydrogen) atoms. The van der Waals surface area contributed by atoms with Crippen molar-refractivity contribution < 1.29 is 234 Å². The number of rotatable bonds is 38. The molecule has 0 aromatic carbocycles. The van der Waals surface area contributed by atoms with Crippen molar-refractivity contribution in [3.8, 4) is 0 Å². The summed E-state index contributed by atoms with van der Waals surface area (Å²) in [6.07, 6.45) is -52.8. The minimum absolute atomic E-state index is 0.785. The molecule has 6 amide bonds. The van der Waals surface area contributed by atoms with Crippen LogP contribution in [0.2, 0.25) is 0 Å². The Balaban J connectivity index is 1.69. The van der Waals surface area contributed by atoms with E-state index >= 15 is 0 Å². The van der Waals surface area contributed by atoms with Crippen LogP contribution in [0.4, 0.5) is 28.8 Å². The minimum atomic E-state index is -2.17. The van der Waals surface area contributed by atoms with Crippen LogP contribution in [0.1, 0.15) is 111 Å². The lowest BCUT2D eigenvalue weighted by atomic mass is 9.98. The molecule has 7 N–H and O–H groups in total. The summed E-state index contributed by atoms with van der Waals surface area (Å²) in [7, 11) is 0. The highest BCUT2D eigenvalue weighted by Crippen LogP contribution is 2.35. The third-order valence-electron chi connectivity index (χ3n) is 16.1. The van der Waals surface area contributed by atoms with Gasteiger partial charge in [-0.3, -0.25) is 76.7 Å². The molecule has 4 fully saturated rings. The molecule has 4 aliphatic rings. The predicted octanol–water partition coefficient (Wildman–Crippen LogP) is -4.23. The summed E-state index contributed by atoms with van der Waals surface area (Å²) >= 11 is 0. The van der Waals surface area contributed by atoms with Gasteiger partial charge in [-0.25, -0.2) is 28.8 Å². The van der Waals surface area contributed by atoms with Crippen molar-refractivity contribution in [3.05, 3.63) is 0 Å². The number of amides is 6. The third-order valence-corrected chi connectivity index (χ3v) is 16.1. The molecule has 20 atom stereocenters. The van der Waals surface area contributed by atoms with E-state index in [4.69, 9.17) is 123 Å². The van der Waals surface area contributed by atoms with Crippen molar-refractivity contribution in [3.63, 3.8) is 0 Å². The van der Waals surface area contributed by atoms with E-state index in [1.54, 1.807) is 0 Å². The first-order chi connectivity index (χ1) is 59.0. The molecule has 55 nitrogen and oxygen atoms in total. The lowest BCUT2D eigenvalue weighted by molar-refractivity contribution is -0.294. The maximum absolute atomic E-state index is 13.9. The second kappa shape index (κ2) is 51.3. The number of ether oxygens (including phenoxy) is 26. The molecule has 4 aliphatic heterocycles. The lowest BCUT2D eigenvalue weighted by Gasteiger charge is -2.43. The molecule has 0 aromatic rings. The van der Waals surface area contributed by atoms with Crippen LogP contribution in [0.15, 0.2) is 0 Å². The van der Waals surface area contributed by atoms with E-state index < -0.39 is 339 Å². The van der Waals surface area contributed by atoms with Gasteiger partial charge in [0, 0.05) is 124 Å². The summed E-state index contributed by atoms with van der Waals surface area (Å²) in [4.78, 5) is 280. The van der Waals surface area contributed by atoms with Gasteiger partial charge >= 0.3 is 132 Å². The number of hydrogen-bond donors (Lipinski definition) is 7. The van der Waals surface area contributed by atoms with Gasteiger partial charge in [-0.2, -0.15) is 0 Å². The number of carbonyl (C=O) groups is 22. The number of nitrogens with one attached hydrogen (secondary N) is 6. The number of aliphatic hydroxyl groups is 1. The molecule has 4 saturated heterocycles. The second-order valence-electron chi connectivity index (χ2n) is 26.9. The summed E-state index contributed by atoms with van der Waals surface area (Å²) in [5.74, 6) is -16.6. The molecule has 706 valence electrons. The average molecular weight is 1820 g/mol. The highest BCUT2D eigenvalue weighted by Gasteiger charge is 2.59. The van der Waals surface area contributed by atoms with Gasteiger partial charge in [-0.1, -0.05) is 0 Å². The monoisotopic (exact) mass is 1820 g/mol. The van der Waals surface area contributed by atoms with E-state index in [1.165, 1.54) is 0 Å². The maximum atomic E-state index is 13.9. The number of alkyl carbamates (subject to hydrolysis) is 6. The normalized spacial score (nSPS) is 25.6. The Kier molecular flexibility index (Phi) is 42.8. The van der Waals surface area contributed by atoms with Crippen LogP contribution < -0.4 is 31.9 Å². The molecule has 0 bridgehead atoms. The summed E-state index contributed by atoms with van der Waals surface area (Å²) in [5.41, 5.74) is 0. The molecule has 0 aromatic heterocycles. The third kappa shape index (κ3) is 37.6. The minimum Gasteiger partial charge on any atom is -0.463 e. The van der Waals surface area contributed by atoms with Crippen molar-refractivity contribution in [2.45, 2.75) is 252 Å². The molecule has 4 rings (SSSR count). The van der Waals surface area contributed by atoms with E-state index in [0.29, 0.717) is 0 Å². The Labute approximate surface area is 713 Å². The highest BCUT2D eigenvalue weighted by molar-refractivity contribution is 5.75. The fourth-order valence-electron chi connectivity index (χ4n) is 11.7. The number of esters is 16. The zero-order chi connectivity index (χ0) is 94.7. The van der Waals surface area contributed by atoms with Gasteiger partial charge in [-0.05, 0) is 0 Å². The van der Waals surface area contributed by atoms with Gasteiger partial charge in [0.05, 0.1) is 32.3 Å². The van der Waals surface area contributed by atoms with E-state index in [2.05, 4.69) is 31.9 Å². The van der Waals surface area contributed by atoms with Crippen LogP contribution in [0.3, 0.4) is 0 Å². The van der Waals surface area contributed by atoms with Crippen molar-refractivity contribution in [2.24, 2.45) is 0 Å². The lowest BCUT2D eigenvalue weighted by Crippen LogP contribution is -2.63. The van der Waals surface area contributed by atoms with E-state index in [0.717, 1.165) is 111 Å². The van der Waals surface area contributed by atoms with Crippen LogP contribution in [0, 0.1) is 0 Å². The second-order valence-corrected chi connectivity index (χ2v) is 26.9. The molecular formula is C71H98N6O49. The summed E-state index contributed by atoms with van der Waals surface area (Å²) in [6.45, 7) is 5.68. The van der Waals surface area contributed by atoms with Crippen molar-refractivity contribution in [1.29, 1.82) is 0 Å². The number of carbonyl (C=O) groups excluding carboxylic acids is 22. The van der Waals surface area contributed by atoms with Crippen LogP contribution in [0.5, 0.6) is 0 Å². The number of hydrogen-bond acceptors (Lipinski definition) is 49. The van der Waals surface area contributed by atoms with Crippen LogP contribution in [-0.4, -0.2) is 344 Å². The first-order valence-electron chi connectivity index (χ1n) is 37.6. The number of aliphatic hydroxyl groups excluding tert-OH is 1. The zero-order valence-corrected chi connectivity index (χ0v) is 70.4. The quantitative estimate of drug-likeness (QED) is 0.0227. The fourth-order valence-corrected chi connectivity index (χ4v) is 11.7. The highest BCUT2D eigenvalue weighted by atomic mass is 16.8. The molecule has 55 heteroatoms. The molecule has 0 aliphatic carbocycles. The summed E-state index contributed by atoms with van der Waals surface area (Å²) in [5, 5.41) is 24.0. The smallest absolute Gasteiger partial charge is 0.409 e. The van der Waals surface area contributed by atoms with Crippen LogP contribution >= 0.6 is 0 Å². The van der Waals surface area contributed by atoms with Crippen molar-refractivity contribution in [1.82, 2.24) is 31.9 Å². The summed E-state index contributed by atoms with van der Waals surface area (Å²) < 4.78 is 140. The Hall–Kier alpha value is -13.1. The van der Waals surface area contributed by atoms with E-state index in [9.17, 15) is 111 Å². The van der Waals surface area contributed by atoms with Gasteiger partial charge in [0.25, 0.3) is 0 Å². The molecule has 0 saturated carbocycles. The van der Waals surface area contributed by atoms with E-state index in [1.807, 2.05) is 0 Å². The first kappa shape index (κ1) is 105. The van der Waals surface area contributed by atoms with E-state index in [-0.39, 0.29) is 0 Å². The Bertz CT molecular complexity index is 3450. The Morgan fingerprint density at radius 1 is 0.214 bits per heavy atom. The van der Waals surface area contributed by atoms with Gasteiger partial charge < -0.3 is 160 Å². The topological polar surface area (TPSA) is 708 Å². The van der Waals surface area contributed by atoms with Crippen molar-refractivity contribution in [2.75, 3.05) is 65.7 Å². The van der Waals surface area contributed by atoms with Gasteiger partial charge in [0.1, 0.15) is 63.1 Å². The average Bonchev–Trinajstić information content (AvgIpc) is 0.800. The van der Waals surface area contributed by atoms with Gasteiger partial charge in [-0.15, -0.1) is 0 Å². The van der Waals surface area contributed by atoms with Crippen LogP contribution in [0.25, 0.3) is 0 Å². The Morgan fingerprint density at radius 3 is 0.540 bits per heavy atom. The van der Waals surface area contributed by atoms with Crippen LogP contribution in [-0.2, 0) is 200 Å².